The van der Waals surface area contributed by atoms with Crippen LogP contribution in [0.4, 0.5) is 17.6 Å². The zero-order valence-electron chi connectivity index (χ0n) is 7.45. The molecule has 0 radical (unpaired) electrons. The van der Waals surface area contributed by atoms with Crippen LogP contribution in [0.25, 0.3) is 0 Å². The molecule has 1 nitrogen and oxygen atoms in total. The maximum Gasteiger partial charge on any atom is 0.416 e. The maximum absolute atomic E-state index is 12.9. The van der Waals surface area contributed by atoms with Gasteiger partial charge in [0.1, 0.15) is 5.82 Å². The highest BCUT2D eigenvalue weighted by Crippen LogP contribution is 2.33. The van der Waals surface area contributed by atoms with Crippen LogP contribution in [0.15, 0.2) is 12.1 Å². The van der Waals surface area contributed by atoms with Crippen molar-refractivity contribution in [1.82, 2.24) is 0 Å². The molecule has 2 N–H and O–H groups in total. The van der Waals surface area contributed by atoms with E-state index in [1.165, 1.54) is 6.92 Å². The van der Waals surface area contributed by atoms with Crippen molar-refractivity contribution in [2.75, 3.05) is 0 Å². The minimum absolute atomic E-state index is 0.0867. The molecule has 0 unspecified atom stereocenters. The summed E-state index contributed by atoms with van der Waals surface area (Å²) >= 11 is 0. The molecule has 1 rings (SSSR count). The number of nitrogens with two attached hydrogens (primary N) is 1. The third-order valence-corrected chi connectivity index (χ3v) is 1.91. The van der Waals surface area contributed by atoms with Gasteiger partial charge >= 0.3 is 6.18 Å². The van der Waals surface area contributed by atoms with Gasteiger partial charge in [0.05, 0.1) is 5.56 Å². The molecule has 1 aromatic carbocycles. The summed E-state index contributed by atoms with van der Waals surface area (Å²) in [5.41, 5.74) is 4.23. The summed E-state index contributed by atoms with van der Waals surface area (Å²) in [6.07, 6.45) is -4.55. The van der Waals surface area contributed by atoms with Crippen LogP contribution < -0.4 is 5.73 Å². The van der Waals surface area contributed by atoms with Gasteiger partial charge in [-0.15, -0.1) is 0 Å². The zero-order valence-corrected chi connectivity index (χ0v) is 7.45. The number of hydrogen-bond acceptors (Lipinski definition) is 1. The molecule has 0 aliphatic heterocycles. The normalized spacial score (nSPS) is 11.9. The van der Waals surface area contributed by atoms with Crippen LogP contribution >= 0.6 is 0 Å². The van der Waals surface area contributed by atoms with E-state index in [-0.39, 0.29) is 17.7 Å². The van der Waals surface area contributed by atoms with E-state index in [9.17, 15) is 17.6 Å². The number of hydrogen-bond donors (Lipinski definition) is 1. The highest BCUT2D eigenvalue weighted by atomic mass is 19.4. The van der Waals surface area contributed by atoms with E-state index in [0.29, 0.717) is 6.07 Å². The Morgan fingerprint density at radius 2 is 1.86 bits per heavy atom. The van der Waals surface area contributed by atoms with E-state index >= 15 is 0 Å². The molecule has 0 saturated heterocycles. The highest BCUT2D eigenvalue weighted by molar-refractivity contribution is 5.34. The largest absolute Gasteiger partial charge is 0.416 e. The second kappa shape index (κ2) is 3.57. The Kier molecular flexibility index (Phi) is 2.80. The summed E-state index contributed by atoms with van der Waals surface area (Å²) in [4.78, 5) is 0. The highest BCUT2D eigenvalue weighted by Gasteiger charge is 2.33. The van der Waals surface area contributed by atoms with Gasteiger partial charge in [-0.1, -0.05) is 6.07 Å². The van der Waals surface area contributed by atoms with E-state index in [2.05, 4.69) is 0 Å². The molecule has 0 heterocycles. The minimum Gasteiger partial charge on any atom is -0.326 e. The molecule has 0 spiro atoms. The van der Waals surface area contributed by atoms with Gasteiger partial charge in [-0.3, -0.25) is 0 Å². The lowest BCUT2D eigenvalue weighted by atomic mass is 10.0. The molecule has 1 aromatic rings. The molecule has 0 aliphatic rings. The summed E-state index contributed by atoms with van der Waals surface area (Å²) < 4.78 is 49.9. The Bertz CT molecular complexity index is 343. The van der Waals surface area contributed by atoms with E-state index in [4.69, 9.17) is 5.73 Å². The van der Waals surface area contributed by atoms with Crippen LogP contribution in [-0.2, 0) is 12.7 Å². The second-order valence-corrected chi connectivity index (χ2v) is 2.96. The Labute approximate surface area is 78.5 Å². The van der Waals surface area contributed by atoms with Crippen molar-refractivity contribution in [3.8, 4) is 0 Å². The van der Waals surface area contributed by atoms with Crippen molar-refractivity contribution in [2.45, 2.75) is 19.6 Å². The average molecular weight is 207 g/mol. The lowest BCUT2D eigenvalue weighted by molar-refractivity contribution is -0.138. The predicted octanol–water partition coefficient (Wildman–Crippen LogP) is 2.61. The molecule has 0 saturated carbocycles. The summed E-state index contributed by atoms with van der Waals surface area (Å²) in [5, 5.41) is 0. The third-order valence-electron chi connectivity index (χ3n) is 1.91. The monoisotopic (exact) mass is 207 g/mol. The number of aryl methyl sites for hydroxylation is 1. The lowest BCUT2D eigenvalue weighted by Gasteiger charge is -2.12. The van der Waals surface area contributed by atoms with Crippen LogP contribution in [0.2, 0.25) is 0 Å². The molecular formula is C9H9F4N. The van der Waals surface area contributed by atoms with Crippen LogP contribution in [0, 0.1) is 12.7 Å². The fourth-order valence-electron chi connectivity index (χ4n) is 1.17. The van der Waals surface area contributed by atoms with Crippen LogP contribution in [-0.4, -0.2) is 0 Å². The van der Waals surface area contributed by atoms with Gasteiger partial charge in [0.2, 0.25) is 0 Å². The standard InChI is InChI=1S/C9H9F4N/c1-5-2-6(4-14)7(3-8(5)10)9(11,12)13/h2-3H,4,14H2,1H3. The summed E-state index contributed by atoms with van der Waals surface area (Å²) in [6, 6.07) is 1.61. The first-order chi connectivity index (χ1) is 6.36. The van der Waals surface area contributed by atoms with E-state index in [1.807, 2.05) is 0 Å². The number of halogens is 4. The quantitative estimate of drug-likeness (QED) is 0.704. The lowest BCUT2D eigenvalue weighted by Crippen LogP contribution is -2.13. The van der Waals surface area contributed by atoms with Crippen LogP contribution in [0.3, 0.4) is 0 Å². The summed E-state index contributed by atoms with van der Waals surface area (Å²) in [7, 11) is 0. The fraction of sp³-hybridized carbons (Fsp3) is 0.333. The fourth-order valence-corrected chi connectivity index (χ4v) is 1.17. The minimum atomic E-state index is -4.55. The maximum atomic E-state index is 12.9. The number of rotatable bonds is 1. The third kappa shape index (κ3) is 2.04. The Morgan fingerprint density at radius 1 is 1.29 bits per heavy atom. The summed E-state index contributed by atoms with van der Waals surface area (Å²) in [6.45, 7) is 1.14. The van der Waals surface area contributed by atoms with Gasteiger partial charge in [0, 0.05) is 6.54 Å². The molecule has 0 amide bonds. The molecule has 0 bridgehead atoms. The SMILES string of the molecule is Cc1cc(CN)c(C(F)(F)F)cc1F. The van der Waals surface area contributed by atoms with Gasteiger partial charge in [0.15, 0.2) is 0 Å². The van der Waals surface area contributed by atoms with Gasteiger partial charge in [0.25, 0.3) is 0 Å². The van der Waals surface area contributed by atoms with Crippen molar-refractivity contribution >= 4 is 0 Å². The topological polar surface area (TPSA) is 26.0 Å². The first-order valence-electron chi connectivity index (χ1n) is 3.92. The van der Waals surface area contributed by atoms with Crippen molar-refractivity contribution in [1.29, 1.82) is 0 Å². The first-order valence-corrected chi connectivity index (χ1v) is 3.92. The molecule has 14 heavy (non-hydrogen) atoms. The van der Waals surface area contributed by atoms with Gasteiger partial charge in [-0.25, -0.2) is 4.39 Å². The first kappa shape index (κ1) is 11.0. The molecular weight excluding hydrogens is 198 g/mol. The summed E-state index contributed by atoms with van der Waals surface area (Å²) in [5.74, 6) is -0.866. The van der Waals surface area contributed by atoms with Crippen molar-refractivity contribution in [3.63, 3.8) is 0 Å². The van der Waals surface area contributed by atoms with Gasteiger partial charge in [-0.2, -0.15) is 13.2 Å². The van der Waals surface area contributed by atoms with Crippen LogP contribution in [0.5, 0.6) is 0 Å². The number of benzene rings is 1. The van der Waals surface area contributed by atoms with Crippen LogP contribution in [0.1, 0.15) is 16.7 Å². The Hall–Kier alpha value is -1.10. The van der Waals surface area contributed by atoms with E-state index in [0.717, 1.165) is 6.07 Å². The molecule has 0 atom stereocenters. The Morgan fingerprint density at radius 3 is 2.29 bits per heavy atom. The van der Waals surface area contributed by atoms with Crippen molar-refractivity contribution in [3.05, 3.63) is 34.6 Å². The molecule has 78 valence electrons. The second-order valence-electron chi connectivity index (χ2n) is 2.96. The van der Waals surface area contributed by atoms with Crippen molar-refractivity contribution < 1.29 is 17.6 Å². The smallest absolute Gasteiger partial charge is 0.326 e. The van der Waals surface area contributed by atoms with Crippen molar-refractivity contribution in [2.24, 2.45) is 5.73 Å². The van der Waals surface area contributed by atoms with Gasteiger partial charge in [-0.05, 0) is 24.1 Å². The molecule has 0 aliphatic carbocycles. The van der Waals surface area contributed by atoms with E-state index < -0.39 is 17.6 Å². The van der Waals surface area contributed by atoms with Gasteiger partial charge < -0.3 is 5.73 Å². The average Bonchev–Trinajstić information content (AvgIpc) is 2.07. The Balaban J connectivity index is 3.35. The van der Waals surface area contributed by atoms with E-state index in [1.54, 1.807) is 0 Å². The molecule has 5 heteroatoms. The molecule has 0 aromatic heterocycles. The molecule has 0 fully saturated rings. The predicted molar refractivity (Wildman–Crippen MR) is 44.0 cm³/mol. The zero-order chi connectivity index (χ0) is 10.9. The number of alkyl halides is 3.